The Bertz CT molecular complexity index is 865. The highest BCUT2D eigenvalue weighted by Gasteiger charge is 2.11. The molecule has 0 aliphatic rings. The zero-order valence-corrected chi connectivity index (χ0v) is 10.3. The summed E-state index contributed by atoms with van der Waals surface area (Å²) in [5, 5.41) is 21.2. The molecule has 0 aliphatic heterocycles. The molecule has 3 aromatic rings. The predicted octanol–water partition coefficient (Wildman–Crippen LogP) is 3.39. The predicted molar refractivity (Wildman–Crippen MR) is 75.4 cm³/mol. The third kappa shape index (κ3) is 1.78. The van der Waals surface area contributed by atoms with Gasteiger partial charge < -0.3 is 10.2 Å². The van der Waals surface area contributed by atoms with E-state index in [-0.39, 0.29) is 11.1 Å². The van der Waals surface area contributed by atoms with E-state index in [4.69, 9.17) is 5.11 Å². The molecule has 0 unspecified atom stereocenters. The van der Waals surface area contributed by atoms with Crippen molar-refractivity contribution < 1.29 is 19.8 Å². The smallest absolute Gasteiger partial charge is 0.336 e. The largest absolute Gasteiger partial charge is 0.478 e. The van der Waals surface area contributed by atoms with Crippen molar-refractivity contribution in [3.05, 3.63) is 59.7 Å². The number of hydrogen-bond donors (Lipinski definition) is 2. The fourth-order valence-electron chi connectivity index (χ4n) is 2.41. The van der Waals surface area contributed by atoms with Crippen LogP contribution < -0.4 is 0 Å². The number of hydrogen-bond acceptors (Lipinski definition) is 2. The van der Waals surface area contributed by atoms with Crippen molar-refractivity contribution in [3.63, 3.8) is 0 Å². The van der Waals surface area contributed by atoms with Gasteiger partial charge in [-0.2, -0.15) is 0 Å². The second-order valence-electron chi connectivity index (χ2n) is 4.51. The van der Waals surface area contributed by atoms with Crippen LogP contribution in [0, 0.1) is 0 Å². The number of rotatable bonds is 2. The van der Waals surface area contributed by atoms with Gasteiger partial charge in [0.25, 0.3) is 0 Å². The Kier molecular flexibility index (Phi) is 2.64. The highest BCUT2D eigenvalue weighted by Crippen LogP contribution is 2.28. The number of carbonyl (C=O) groups is 2. The van der Waals surface area contributed by atoms with Gasteiger partial charge in [0.2, 0.25) is 0 Å². The van der Waals surface area contributed by atoms with Gasteiger partial charge in [0.05, 0.1) is 11.1 Å². The lowest BCUT2D eigenvalue weighted by atomic mass is 9.97. The first-order chi connectivity index (χ1) is 9.58. The monoisotopic (exact) mass is 266 g/mol. The maximum absolute atomic E-state index is 11.2. The number of carboxylic acid groups (broad SMARTS) is 2. The molecule has 20 heavy (non-hydrogen) atoms. The van der Waals surface area contributed by atoms with Gasteiger partial charge in [-0.3, -0.25) is 0 Å². The molecular formula is C16H10O4. The summed E-state index contributed by atoms with van der Waals surface area (Å²) in [6.45, 7) is 0. The molecule has 0 fully saturated rings. The molecule has 4 heteroatoms. The van der Waals surface area contributed by atoms with Crippen LogP contribution in [0.5, 0.6) is 0 Å². The van der Waals surface area contributed by atoms with Crippen LogP contribution in [-0.2, 0) is 0 Å². The molecule has 0 saturated heterocycles. The zero-order chi connectivity index (χ0) is 14.3. The van der Waals surface area contributed by atoms with Crippen LogP contribution in [0.1, 0.15) is 20.7 Å². The van der Waals surface area contributed by atoms with Crippen LogP contribution in [0.25, 0.3) is 21.5 Å². The molecule has 0 bridgehead atoms. The summed E-state index contributed by atoms with van der Waals surface area (Å²) < 4.78 is 0. The van der Waals surface area contributed by atoms with Crippen LogP contribution in [0.15, 0.2) is 48.5 Å². The number of aromatic carboxylic acids is 2. The molecule has 0 aliphatic carbocycles. The Balaban J connectivity index is 2.45. The molecule has 0 aromatic heterocycles. The maximum atomic E-state index is 11.2. The Morgan fingerprint density at radius 1 is 0.750 bits per heavy atom. The summed E-state index contributed by atoms with van der Waals surface area (Å²) in [5.74, 6) is -2.00. The Morgan fingerprint density at radius 3 is 2.20 bits per heavy atom. The first-order valence-corrected chi connectivity index (χ1v) is 6.00. The van der Waals surface area contributed by atoms with E-state index in [2.05, 4.69) is 0 Å². The van der Waals surface area contributed by atoms with Gasteiger partial charge in [-0.1, -0.05) is 30.3 Å². The van der Waals surface area contributed by atoms with Gasteiger partial charge >= 0.3 is 11.9 Å². The van der Waals surface area contributed by atoms with Gasteiger partial charge in [-0.25, -0.2) is 9.59 Å². The number of benzene rings is 3. The first-order valence-electron chi connectivity index (χ1n) is 6.00. The van der Waals surface area contributed by atoms with Crippen molar-refractivity contribution in [3.8, 4) is 0 Å². The van der Waals surface area contributed by atoms with Crippen LogP contribution >= 0.6 is 0 Å². The maximum Gasteiger partial charge on any atom is 0.336 e. The van der Waals surface area contributed by atoms with Gasteiger partial charge in [-0.05, 0) is 39.7 Å². The quantitative estimate of drug-likeness (QED) is 0.697. The minimum Gasteiger partial charge on any atom is -0.478 e. The molecule has 4 nitrogen and oxygen atoms in total. The lowest BCUT2D eigenvalue weighted by Gasteiger charge is -2.07. The fraction of sp³-hybridized carbons (Fsp3) is 0. The Labute approximate surface area is 113 Å². The van der Waals surface area contributed by atoms with Gasteiger partial charge in [0.15, 0.2) is 0 Å². The van der Waals surface area contributed by atoms with Crippen molar-refractivity contribution >= 4 is 33.5 Å². The topological polar surface area (TPSA) is 74.6 Å². The molecule has 2 N–H and O–H groups in total. The molecule has 0 radical (unpaired) electrons. The van der Waals surface area contributed by atoms with E-state index in [1.54, 1.807) is 36.4 Å². The van der Waals surface area contributed by atoms with Gasteiger partial charge in [0, 0.05) is 0 Å². The van der Waals surface area contributed by atoms with Crippen LogP contribution in [0.3, 0.4) is 0 Å². The van der Waals surface area contributed by atoms with Gasteiger partial charge in [-0.15, -0.1) is 0 Å². The van der Waals surface area contributed by atoms with E-state index in [1.807, 2.05) is 0 Å². The number of carboxylic acids is 2. The van der Waals surface area contributed by atoms with Crippen molar-refractivity contribution in [1.82, 2.24) is 0 Å². The minimum absolute atomic E-state index is 0.186. The molecular weight excluding hydrogens is 256 g/mol. The van der Waals surface area contributed by atoms with E-state index in [1.165, 1.54) is 12.1 Å². The van der Waals surface area contributed by atoms with Crippen molar-refractivity contribution in [1.29, 1.82) is 0 Å². The molecule has 0 saturated carbocycles. The molecule has 0 atom stereocenters. The Hall–Kier alpha value is -2.88. The summed E-state index contributed by atoms with van der Waals surface area (Å²) in [4.78, 5) is 22.3. The van der Waals surface area contributed by atoms with E-state index in [0.29, 0.717) is 5.39 Å². The third-order valence-electron chi connectivity index (χ3n) is 3.36. The minimum atomic E-state index is -1.00. The van der Waals surface area contributed by atoms with E-state index >= 15 is 0 Å². The van der Waals surface area contributed by atoms with Crippen LogP contribution in [-0.4, -0.2) is 22.2 Å². The molecule has 3 rings (SSSR count). The lowest BCUT2D eigenvalue weighted by molar-refractivity contribution is 0.0687. The standard InChI is InChI=1S/C16H10O4/c17-15(18)10-5-4-9-6-7-12-11(14(9)8-10)2-1-3-13(12)16(19)20/h1-8H,(H,17,18)(H,19,20). The normalized spacial score (nSPS) is 10.8. The second kappa shape index (κ2) is 4.35. The average Bonchev–Trinajstić information content (AvgIpc) is 2.45. The van der Waals surface area contributed by atoms with Crippen molar-refractivity contribution in [2.24, 2.45) is 0 Å². The van der Waals surface area contributed by atoms with E-state index < -0.39 is 11.9 Å². The number of fused-ring (bicyclic) bond motifs is 3. The molecule has 0 heterocycles. The van der Waals surface area contributed by atoms with Crippen molar-refractivity contribution in [2.75, 3.05) is 0 Å². The van der Waals surface area contributed by atoms with E-state index in [9.17, 15) is 14.7 Å². The molecule has 3 aromatic carbocycles. The second-order valence-corrected chi connectivity index (χ2v) is 4.51. The van der Waals surface area contributed by atoms with Crippen molar-refractivity contribution in [2.45, 2.75) is 0 Å². The summed E-state index contributed by atoms with van der Waals surface area (Å²) in [6, 6.07) is 13.4. The van der Waals surface area contributed by atoms with Gasteiger partial charge in [0.1, 0.15) is 0 Å². The summed E-state index contributed by atoms with van der Waals surface area (Å²) in [6.07, 6.45) is 0. The van der Waals surface area contributed by atoms with Crippen LogP contribution in [0.4, 0.5) is 0 Å². The zero-order valence-electron chi connectivity index (χ0n) is 10.3. The fourth-order valence-corrected chi connectivity index (χ4v) is 2.41. The van der Waals surface area contributed by atoms with Crippen LogP contribution in [0.2, 0.25) is 0 Å². The molecule has 0 spiro atoms. The Morgan fingerprint density at radius 2 is 1.50 bits per heavy atom. The first kappa shape index (κ1) is 12.2. The summed E-state index contributed by atoms with van der Waals surface area (Å²) >= 11 is 0. The lowest BCUT2D eigenvalue weighted by Crippen LogP contribution is -1.98. The summed E-state index contributed by atoms with van der Waals surface area (Å²) in [5.41, 5.74) is 0.399. The summed E-state index contributed by atoms with van der Waals surface area (Å²) in [7, 11) is 0. The molecule has 98 valence electrons. The average molecular weight is 266 g/mol. The van der Waals surface area contributed by atoms with E-state index in [0.717, 1.165) is 16.2 Å². The highest BCUT2D eigenvalue weighted by molar-refractivity contribution is 6.14. The highest BCUT2D eigenvalue weighted by atomic mass is 16.4. The third-order valence-corrected chi connectivity index (χ3v) is 3.36. The SMILES string of the molecule is O=C(O)c1ccc2ccc3c(C(=O)O)cccc3c2c1. The molecule has 0 amide bonds.